The highest BCUT2D eigenvalue weighted by Crippen LogP contribution is 2.27. The lowest BCUT2D eigenvalue weighted by Gasteiger charge is -2.33. The Hall–Kier alpha value is -3.29. The van der Waals surface area contributed by atoms with Gasteiger partial charge in [0.1, 0.15) is 5.82 Å². The number of nitrogens with zero attached hydrogens (tertiary/aromatic N) is 4. The lowest BCUT2D eigenvalue weighted by Crippen LogP contribution is -2.41. The molecule has 0 radical (unpaired) electrons. The van der Waals surface area contributed by atoms with Gasteiger partial charge in [0.25, 0.3) is 11.5 Å². The number of benzene rings is 3. The summed E-state index contributed by atoms with van der Waals surface area (Å²) < 4.78 is 2.57. The Morgan fingerprint density at radius 3 is 2.26 bits per heavy atom. The molecule has 1 atom stereocenters. The minimum atomic E-state index is -0.399. The van der Waals surface area contributed by atoms with Crippen LogP contribution >= 0.6 is 15.9 Å². The van der Waals surface area contributed by atoms with Crippen molar-refractivity contribution in [2.75, 3.05) is 27.2 Å². The fourth-order valence-electron chi connectivity index (χ4n) is 4.21. The van der Waals surface area contributed by atoms with Crippen LogP contribution in [0.1, 0.15) is 35.6 Å². The number of carbonyl (C=O) groups excluding carboxylic acids is 1. The molecule has 0 N–H and O–H groups in total. The minimum absolute atomic E-state index is 0.0896. The number of likely N-dealkylation sites (N-methyl/N-ethyl adjacent to an activating group) is 1. The lowest BCUT2D eigenvalue weighted by atomic mass is 10.1. The second-order valence-electron chi connectivity index (χ2n) is 8.70. The third-order valence-electron chi connectivity index (χ3n) is 6.02. The molecule has 0 aliphatic rings. The summed E-state index contributed by atoms with van der Waals surface area (Å²) in [5, 5.41) is 0.550. The van der Waals surface area contributed by atoms with Crippen molar-refractivity contribution in [1.29, 1.82) is 0 Å². The Balaban J connectivity index is 1.92. The highest BCUT2D eigenvalue weighted by Gasteiger charge is 2.29. The van der Waals surface area contributed by atoms with E-state index in [0.29, 0.717) is 41.8 Å². The van der Waals surface area contributed by atoms with E-state index in [9.17, 15) is 9.59 Å². The first kappa shape index (κ1) is 24.8. The summed E-state index contributed by atoms with van der Waals surface area (Å²) in [6.45, 7) is 3.21. The average molecular weight is 533 g/mol. The van der Waals surface area contributed by atoms with Crippen LogP contribution in [0.25, 0.3) is 16.6 Å². The molecule has 0 saturated carbocycles. The first-order valence-electron chi connectivity index (χ1n) is 11.7. The van der Waals surface area contributed by atoms with E-state index in [0.717, 1.165) is 10.2 Å². The maximum Gasteiger partial charge on any atom is 0.266 e. The minimum Gasteiger partial charge on any atom is -0.327 e. The van der Waals surface area contributed by atoms with Gasteiger partial charge in [-0.1, -0.05) is 53.2 Å². The highest BCUT2D eigenvalue weighted by atomic mass is 79.9. The quantitative estimate of drug-likeness (QED) is 0.308. The van der Waals surface area contributed by atoms with Crippen molar-refractivity contribution in [3.63, 3.8) is 0 Å². The Morgan fingerprint density at radius 2 is 1.60 bits per heavy atom. The summed E-state index contributed by atoms with van der Waals surface area (Å²) in [7, 11) is 3.97. The normalized spacial score (nSPS) is 12.1. The maximum atomic E-state index is 13.8. The van der Waals surface area contributed by atoms with Gasteiger partial charge in [0.05, 0.1) is 22.6 Å². The van der Waals surface area contributed by atoms with Crippen molar-refractivity contribution >= 4 is 32.7 Å². The van der Waals surface area contributed by atoms with E-state index in [1.54, 1.807) is 10.6 Å². The van der Waals surface area contributed by atoms with E-state index < -0.39 is 6.04 Å². The molecule has 4 rings (SSSR count). The molecule has 0 spiro atoms. The van der Waals surface area contributed by atoms with Gasteiger partial charge in [-0.2, -0.15) is 0 Å². The number of aromatic nitrogens is 2. The number of fused-ring (bicyclic) bond motifs is 1. The van der Waals surface area contributed by atoms with Crippen LogP contribution in [0.3, 0.4) is 0 Å². The first-order chi connectivity index (χ1) is 16.9. The highest BCUT2D eigenvalue weighted by molar-refractivity contribution is 9.10. The van der Waals surface area contributed by atoms with E-state index in [2.05, 4.69) is 15.9 Å². The van der Waals surface area contributed by atoms with Crippen molar-refractivity contribution in [3.8, 4) is 5.69 Å². The zero-order valence-corrected chi connectivity index (χ0v) is 21.8. The Bertz CT molecular complexity index is 1370. The Morgan fingerprint density at radius 1 is 0.943 bits per heavy atom. The van der Waals surface area contributed by atoms with Gasteiger partial charge in [-0.05, 0) is 69.0 Å². The molecule has 0 bridgehead atoms. The summed E-state index contributed by atoms with van der Waals surface area (Å²) in [5.74, 6) is 0.472. The molecule has 7 heteroatoms. The summed E-state index contributed by atoms with van der Waals surface area (Å²) >= 11 is 3.45. The van der Waals surface area contributed by atoms with Crippen molar-refractivity contribution in [2.24, 2.45) is 0 Å². The smallest absolute Gasteiger partial charge is 0.266 e. The van der Waals surface area contributed by atoms with Crippen molar-refractivity contribution in [2.45, 2.75) is 19.4 Å². The van der Waals surface area contributed by atoms with Crippen LogP contribution in [0.15, 0.2) is 88.1 Å². The number of rotatable bonds is 8. The third-order valence-corrected chi connectivity index (χ3v) is 6.55. The predicted octanol–water partition coefficient (Wildman–Crippen LogP) is 5.30. The molecule has 0 fully saturated rings. The van der Waals surface area contributed by atoms with Gasteiger partial charge in [-0.3, -0.25) is 14.2 Å². The zero-order chi connectivity index (χ0) is 24.9. The second-order valence-corrected chi connectivity index (χ2v) is 9.61. The maximum absolute atomic E-state index is 13.8. The molecule has 1 aromatic heterocycles. The van der Waals surface area contributed by atoms with Gasteiger partial charge >= 0.3 is 0 Å². The molecular formula is C28H29BrN4O2. The van der Waals surface area contributed by atoms with Gasteiger partial charge in [-0.15, -0.1) is 0 Å². The fraction of sp³-hybridized carbons (Fsp3) is 0.250. The second kappa shape index (κ2) is 11.0. The molecule has 0 aliphatic carbocycles. The number of hydrogen-bond acceptors (Lipinski definition) is 4. The summed E-state index contributed by atoms with van der Waals surface area (Å²) in [6, 6.07) is 23.9. The van der Waals surface area contributed by atoms with Crippen LogP contribution in [0.2, 0.25) is 0 Å². The van der Waals surface area contributed by atoms with Gasteiger partial charge in [0.2, 0.25) is 0 Å². The van der Waals surface area contributed by atoms with Crippen LogP contribution in [-0.2, 0) is 0 Å². The van der Waals surface area contributed by atoms with E-state index >= 15 is 0 Å². The van der Waals surface area contributed by atoms with E-state index in [1.165, 1.54) is 0 Å². The first-order valence-corrected chi connectivity index (χ1v) is 12.5. The molecule has 4 aromatic rings. The fourth-order valence-corrected chi connectivity index (χ4v) is 4.47. The van der Waals surface area contributed by atoms with E-state index in [4.69, 9.17) is 4.98 Å². The molecule has 1 heterocycles. The molecule has 3 aromatic carbocycles. The van der Waals surface area contributed by atoms with E-state index in [-0.39, 0.29) is 11.5 Å². The third kappa shape index (κ3) is 5.36. The topological polar surface area (TPSA) is 58.4 Å². The molecule has 1 unspecified atom stereocenters. The predicted molar refractivity (Wildman–Crippen MR) is 144 cm³/mol. The molecule has 1 amide bonds. The van der Waals surface area contributed by atoms with Gasteiger partial charge in [0, 0.05) is 23.1 Å². The van der Waals surface area contributed by atoms with Crippen LogP contribution in [0.5, 0.6) is 0 Å². The average Bonchev–Trinajstić information content (AvgIpc) is 2.87. The molecule has 35 heavy (non-hydrogen) atoms. The van der Waals surface area contributed by atoms with Crippen LogP contribution in [0, 0.1) is 0 Å². The molecular weight excluding hydrogens is 504 g/mol. The number of para-hydroxylation sites is 2. The molecule has 180 valence electrons. The summed E-state index contributed by atoms with van der Waals surface area (Å²) in [4.78, 5) is 36.4. The lowest BCUT2D eigenvalue weighted by molar-refractivity contribution is 0.0644. The van der Waals surface area contributed by atoms with Crippen molar-refractivity contribution in [1.82, 2.24) is 19.4 Å². The largest absolute Gasteiger partial charge is 0.327 e. The van der Waals surface area contributed by atoms with Gasteiger partial charge in [-0.25, -0.2) is 4.98 Å². The molecule has 6 nitrogen and oxygen atoms in total. The van der Waals surface area contributed by atoms with Gasteiger partial charge < -0.3 is 9.80 Å². The van der Waals surface area contributed by atoms with Crippen LogP contribution in [0.4, 0.5) is 0 Å². The number of halogens is 1. The number of amides is 1. The number of hydrogen-bond donors (Lipinski definition) is 0. The zero-order valence-electron chi connectivity index (χ0n) is 20.2. The van der Waals surface area contributed by atoms with E-state index in [1.807, 2.05) is 104 Å². The van der Waals surface area contributed by atoms with Gasteiger partial charge in [0.15, 0.2) is 0 Å². The SMILES string of the molecule is CCC(c1nc2ccccc2c(=O)n1-c1ccccc1)N(CCN(C)C)C(=O)c1ccc(Br)cc1. The summed E-state index contributed by atoms with van der Waals surface area (Å²) in [6.07, 6.45) is 0.604. The van der Waals surface area contributed by atoms with Crippen molar-refractivity contribution < 1.29 is 4.79 Å². The Kier molecular flexibility index (Phi) is 7.78. The molecule has 0 aliphatic heterocycles. The monoisotopic (exact) mass is 532 g/mol. The van der Waals surface area contributed by atoms with Crippen LogP contribution < -0.4 is 5.56 Å². The molecule has 0 saturated heterocycles. The van der Waals surface area contributed by atoms with Crippen LogP contribution in [-0.4, -0.2) is 52.4 Å². The van der Waals surface area contributed by atoms with Crippen molar-refractivity contribution in [3.05, 3.63) is 105 Å². The Labute approximate surface area is 214 Å². The summed E-state index contributed by atoms with van der Waals surface area (Å²) in [5.41, 5.74) is 1.81. The number of carbonyl (C=O) groups is 1. The standard InChI is InChI=1S/C28H29BrN4O2/c1-4-25(32(19-18-31(2)3)27(34)20-14-16-21(29)17-15-20)26-30-24-13-9-8-12-23(24)28(35)33(26)22-10-6-5-7-11-22/h5-17,25H,4,18-19H2,1-3H3.